The first kappa shape index (κ1) is 17.5. The van der Waals surface area contributed by atoms with Crippen LogP contribution in [0.2, 0.25) is 0 Å². The predicted molar refractivity (Wildman–Crippen MR) is 90.2 cm³/mol. The van der Waals surface area contributed by atoms with Gasteiger partial charge in [0.25, 0.3) is 0 Å². The molecule has 5 heteroatoms. The lowest BCUT2D eigenvalue weighted by atomic mass is 9.96. The third-order valence-electron chi connectivity index (χ3n) is 4.23. The lowest BCUT2D eigenvalue weighted by Gasteiger charge is -2.31. The summed E-state index contributed by atoms with van der Waals surface area (Å²) in [5, 5.41) is 10.2. The summed E-state index contributed by atoms with van der Waals surface area (Å²) in [6.45, 7) is 6.13. The van der Waals surface area contributed by atoms with Gasteiger partial charge in [0, 0.05) is 12.5 Å². The van der Waals surface area contributed by atoms with Crippen LogP contribution in [0.3, 0.4) is 0 Å². The van der Waals surface area contributed by atoms with Crippen LogP contribution in [0.1, 0.15) is 18.4 Å². The van der Waals surface area contributed by atoms with E-state index in [-0.39, 0.29) is 18.4 Å². The van der Waals surface area contributed by atoms with E-state index in [1.54, 1.807) is 0 Å². The van der Waals surface area contributed by atoms with Crippen molar-refractivity contribution >= 4 is 5.91 Å². The molecule has 1 unspecified atom stereocenters. The number of benzene rings is 1. The van der Waals surface area contributed by atoms with Gasteiger partial charge in [-0.2, -0.15) is 0 Å². The first-order chi connectivity index (χ1) is 11.1. The number of ether oxygens (including phenoxy) is 1. The molecule has 0 aromatic heterocycles. The molecule has 0 aliphatic carbocycles. The third kappa shape index (κ3) is 5.37. The number of piperidine rings is 1. The van der Waals surface area contributed by atoms with E-state index in [4.69, 9.17) is 10.5 Å². The topological polar surface area (TPSA) is 75.8 Å². The number of aliphatic hydroxyl groups excluding tert-OH is 1. The van der Waals surface area contributed by atoms with Gasteiger partial charge in [0.05, 0.1) is 0 Å². The number of para-hydroxylation sites is 1. The Kier molecular flexibility index (Phi) is 6.62. The Bertz CT molecular complexity index is 525. The van der Waals surface area contributed by atoms with Crippen molar-refractivity contribution in [3.8, 4) is 5.75 Å². The van der Waals surface area contributed by atoms with Gasteiger partial charge in [0.1, 0.15) is 18.5 Å². The fourth-order valence-corrected chi connectivity index (χ4v) is 2.91. The molecule has 1 fully saturated rings. The number of amides is 1. The Morgan fingerprint density at radius 3 is 2.78 bits per heavy atom. The average molecular weight is 318 g/mol. The van der Waals surface area contributed by atoms with E-state index >= 15 is 0 Å². The summed E-state index contributed by atoms with van der Waals surface area (Å²) in [6.07, 6.45) is 3.56. The van der Waals surface area contributed by atoms with Crippen molar-refractivity contribution in [2.75, 3.05) is 26.2 Å². The summed E-state index contributed by atoms with van der Waals surface area (Å²) in [5.74, 6) is 0.552. The standard InChI is InChI=1S/C18H26N2O3/c1-2-5-14-6-3-4-7-17(14)23-13-16(21)12-20-10-8-15(9-11-20)18(19)22/h2-4,6-7,15-16,21H,1,5,8-13H2,(H2,19,22). The van der Waals surface area contributed by atoms with Gasteiger partial charge < -0.3 is 20.5 Å². The Hall–Kier alpha value is -1.85. The normalized spacial score (nSPS) is 17.6. The van der Waals surface area contributed by atoms with Crippen molar-refractivity contribution in [3.63, 3.8) is 0 Å². The Morgan fingerprint density at radius 1 is 1.43 bits per heavy atom. The van der Waals surface area contributed by atoms with E-state index in [1.807, 2.05) is 30.3 Å². The number of primary amides is 1. The summed E-state index contributed by atoms with van der Waals surface area (Å²) >= 11 is 0. The second-order valence-corrected chi connectivity index (χ2v) is 6.04. The molecule has 0 saturated carbocycles. The maximum absolute atomic E-state index is 11.2. The Morgan fingerprint density at radius 2 is 2.13 bits per heavy atom. The van der Waals surface area contributed by atoms with E-state index in [1.165, 1.54) is 0 Å². The summed E-state index contributed by atoms with van der Waals surface area (Å²) in [4.78, 5) is 13.3. The smallest absolute Gasteiger partial charge is 0.220 e. The third-order valence-corrected chi connectivity index (χ3v) is 4.23. The van der Waals surface area contributed by atoms with E-state index in [0.717, 1.165) is 43.7 Å². The lowest BCUT2D eigenvalue weighted by Crippen LogP contribution is -2.43. The Labute approximate surface area is 137 Å². The van der Waals surface area contributed by atoms with Crippen LogP contribution in [0.4, 0.5) is 0 Å². The average Bonchev–Trinajstić information content (AvgIpc) is 2.55. The fourth-order valence-electron chi connectivity index (χ4n) is 2.91. The largest absolute Gasteiger partial charge is 0.491 e. The first-order valence-corrected chi connectivity index (χ1v) is 8.11. The molecule has 3 N–H and O–H groups in total. The highest BCUT2D eigenvalue weighted by Crippen LogP contribution is 2.20. The molecule has 1 aromatic rings. The molecule has 1 saturated heterocycles. The number of likely N-dealkylation sites (tertiary alicyclic amines) is 1. The monoisotopic (exact) mass is 318 g/mol. The van der Waals surface area contributed by atoms with Gasteiger partial charge in [-0.1, -0.05) is 24.3 Å². The van der Waals surface area contributed by atoms with Gasteiger partial charge in [-0.15, -0.1) is 6.58 Å². The highest BCUT2D eigenvalue weighted by molar-refractivity contribution is 5.76. The van der Waals surface area contributed by atoms with Crippen molar-refractivity contribution in [2.45, 2.75) is 25.4 Å². The zero-order valence-corrected chi connectivity index (χ0v) is 13.5. The van der Waals surface area contributed by atoms with Crippen LogP contribution in [0, 0.1) is 5.92 Å². The molecule has 0 radical (unpaired) electrons. The molecule has 1 aliphatic heterocycles. The second kappa shape index (κ2) is 8.70. The maximum atomic E-state index is 11.2. The minimum atomic E-state index is -0.558. The van der Waals surface area contributed by atoms with Crippen molar-refractivity contribution in [2.24, 2.45) is 11.7 Å². The molecule has 0 bridgehead atoms. The van der Waals surface area contributed by atoms with Crippen molar-refractivity contribution in [3.05, 3.63) is 42.5 Å². The fraction of sp³-hybridized carbons (Fsp3) is 0.500. The molecule has 1 atom stereocenters. The van der Waals surface area contributed by atoms with Crippen LogP contribution < -0.4 is 10.5 Å². The van der Waals surface area contributed by atoms with Crippen molar-refractivity contribution in [1.29, 1.82) is 0 Å². The molecular weight excluding hydrogens is 292 g/mol. The van der Waals surface area contributed by atoms with Crippen LogP contribution in [-0.4, -0.2) is 48.3 Å². The van der Waals surface area contributed by atoms with Gasteiger partial charge in [-0.25, -0.2) is 0 Å². The van der Waals surface area contributed by atoms with Crippen LogP contribution in [0.5, 0.6) is 5.75 Å². The summed E-state index contributed by atoms with van der Waals surface area (Å²) in [6, 6.07) is 7.79. The summed E-state index contributed by atoms with van der Waals surface area (Å²) < 4.78 is 5.75. The number of hydrogen-bond donors (Lipinski definition) is 2. The van der Waals surface area contributed by atoms with Crippen molar-refractivity contribution < 1.29 is 14.6 Å². The molecule has 1 heterocycles. The number of nitrogens with two attached hydrogens (primary N) is 1. The molecule has 1 aromatic carbocycles. The number of rotatable bonds is 8. The predicted octanol–water partition coefficient (Wildman–Crippen LogP) is 1.35. The molecule has 1 amide bonds. The van der Waals surface area contributed by atoms with Gasteiger partial charge in [-0.05, 0) is 44.0 Å². The second-order valence-electron chi connectivity index (χ2n) is 6.04. The molecule has 5 nitrogen and oxygen atoms in total. The highest BCUT2D eigenvalue weighted by Gasteiger charge is 2.24. The number of hydrogen-bond acceptors (Lipinski definition) is 4. The number of carbonyl (C=O) groups excluding carboxylic acids is 1. The molecule has 1 aliphatic rings. The minimum absolute atomic E-state index is 0.0228. The lowest BCUT2D eigenvalue weighted by molar-refractivity contribution is -0.123. The minimum Gasteiger partial charge on any atom is -0.491 e. The summed E-state index contributed by atoms with van der Waals surface area (Å²) in [7, 11) is 0. The SMILES string of the molecule is C=CCc1ccccc1OCC(O)CN1CCC(C(N)=O)CC1. The highest BCUT2D eigenvalue weighted by atomic mass is 16.5. The first-order valence-electron chi connectivity index (χ1n) is 8.11. The van der Waals surface area contributed by atoms with Crippen LogP contribution in [0.15, 0.2) is 36.9 Å². The van der Waals surface area contributed by atoms with E-state index in [2.05, 4.69) is 11.5 Å². The molecule has 126 valence electrons. The zero-order chi connectivity index (χ0) is 16.7. The number of β-amino-alcohol motifs (C(OH)–C–C–N with tert-alkyl or cyclic N) is 1. The van der Waals surface area contributed by atoms with E-state index in [0.29, 0.717) is 6.54 Å². The number of carbonyl (C=O) groups is 1. The number of nitrogens with zero attached hydrogens (tertiary/aromatic N) is 1. The van der Waals surface area contributed by atoms with Crippen LogP contribution in [0.25, 0.3) is 0 Å². The van der Waals surface area contributed by atoms with Gasteiger partial charge in [0.15, 0.2) is 0 Å². The molecule has 23 heavy (non-hydrogen) atoms. The van der Waals surface area contributed by atoms with Gasteiger partial charge >= 0.3 is 0 Å². The Balaban J connectivity index is 1.76. The zero-order valence-electron chi connectivity index (χ0n) is 13.5. The number of allylic oxidation sites excluding steroid dienone is 1. The number of aliphatic hydroxyl groups is 1. The van der Waals surface area contributed by atoms with E-state index < -0.39 is 6.10 Å². The van der Waals surface area contributed by atoms with Gasteiger partial charge in [0.2, 0.25) is 5.91 Å². The molecular formula is C18H26N2O3. The van der Waals surface area contributed by atoms with E-state index in [9.17, 15) is 9.90 Å². The quantitative estimate of drug-likeness (QED) is 0.710. The van der Waals surface area contributed by atoms with Crippen LogP contribution >= 0.6 is 0 Å². The molecule has 0 spiro atoms. The van der Waals surface area contributed by atoms with Crippen LogP contribution in [-0.2, 0) is 11.2 Å². The maximum Gasteiger partial charge on any atom is 0.220 e. The van der Waals surface area contributed by atoms with Crippen molar-refractivity contribution in [1.82, 2.24) is 4.90 Å². The van der Waals surface area contributed by atoms with Gasteiger partial charge in [-0.3, -0.25) is 4.79 Å². The summed E-state index contributed by atoms with van der Waals surface area (Å²) in [5.41, 5.74) is 6.40. The molecule has 2 rings (SSSR count).